The third kappa shape index (κ3) is 7.96. The maximum Gasteiger partial charge on any atom is 0.240 e. The van der Waals surface area contributed by atoms with Gasteiger partial charge in [-0.1, -0.05) is 25.5 Å². The van der Waals surface area contributed by atoms with Gasteiger partial charge in [-0.15, -0.1) is 12.4 Å². The number of aliphatic hydroxyl groups is 3. The molecule has 2 aliphatic heterocycles. The first-order chi connectivity index (χ1) is 26.9. The van der Waals surface area contributed by atoms with Crippen molar-refractivity contribution in [2.24, 2.45) is 10.8 Å². The van der Waals surface area contributed by atoms with Crippen LogP contribution in [0.2, 0.25) is 0 Å². The maximum atomic E-state index is 14.1. The number of rotatable bonds is 13. The van der Waals surface area contributed by atoms with E-state index in [9.17, 15) is 49.5 Å². The van der Waals surface area contributed by atoms with E-state index in [1.807, 2.05) is 0 Å². The number of benzene rings is 2. The van der Waals surface area contributed by atoms with Crippen LogP contribution in [0.3, 0.4) is 0 Å². The quantitative estimate of drug-likeness (QED) is 0.0425. The van der Waals surface area contributed by atoms with E-state index in [2.05, 4.69) is 10.5 Å². The summed E-state index contributed by atoms with van der Waals surface area (Å²) in [6.45, 7) is 3.86. The topological polar surface area (TPSA) is 268 Å². The molecular weight excluding hydrogens is 780 g/mol. The van der Waals surface area contributed by atoms with Crippen molar-refractivity contribution < 1.29 is 63.7 Å². The second kappa shape index (κ2) is 17.0. The predicted molar refractivity (Wildman–Crippen MR) is 208 cm³/mol. The lowest BCUT2D eigenvalue weighted by Crippen LogP contribution is -2.60. The number of nitrogens with two attached hydrogens (primary N) is 1. The summed E-state index contributed by atoms with van der Waals surface area (Å²) in [5.41, 5.74) is 2.15. The summed E-state index contributed by atoms with van der Waals surface area (Å²) in [6.07, 6.45) is -0.609. The summed E-state index contributed by atoms with van der Waals surface area (Å²) < 4.78 is 17.5. The highest BCUT2D eigenvalue weighted by Crippen LogP contribution is 2.54. The highest BCUT2D eigenvalue weighted by molar-refractivity contribution is 6.31. The summed E-state index contributed by atoms with van der Waals surface area (Å²) in [4.78, 5) is 65.8. The number of hydrazone groups is 1. The number of ketones is 2. The van der Waals surface area contributed by atoms with Gasteiger partial charge >= 0.3 is 0 Å². The van der Waals surface area contributed by atoms with E-state index in [0.717, 1.165) is 0 Å². The number of carbonyl (C=O) groups excluding carboxylic acids is 5. The number of likely N-dealkylation sites (tertiary alicyclic amines) is 1. The van der Waals surface area contributed by atoms with E-state index >= 15 is 0 Å². The maximum absolute atomic E-state index is 14.1. The number of amides is 3. The van der Waals surface area contributed by atoms with Crippen molar-refractivity contribution in [3.05, 3.63) is 51.6 Å². The number of ether oxygens (including phenoxy) is 3. The normalized spacial score (nSPS) is 28.1. The zero-order chi connectivity index (χ0) is 41.6. The van der Waals surface area contributed by atoms with Gasteiger partial charge in [-0.3, -0.25) is 28.9 Å². The minimum absolute atomic E-state index is 0. The number of methoxy groups -OCH3 is 1. The largest absolute Gasteiger partial charge is 0.507 e. The summed E-state index contributed by atoms with van der Waals surface area (Å²) in [7, 11) is 1.33. The van der Waals surface area contributed by atoms with Crippen molar-refractivity contribution in [2.75, 3.05) is 26.9 Å². The Labute approximate surface area is 340 Å². The lowest BCUT2D eigenvalue weighted by atomic mass is 9.62. The van der Waals surface area contributed by atoms with Crippen LogP contribution in [0.5, 0.6) is 17.2 Å². The third-order valence-corrected chi connectivity index (χ3v) is 11.9. The Morgan fingerprint density at radius 1 is 1.02 bits per heavy atom. The summed E-state index contributed by atoms with van der Waals surface area (Å²) >= 11 is 0. The number of hydrogen-bond donors (Lipinski definition) is 7. The van der Waals surface area contributed by atoms with Gasteiger partial charge < -0.3 is 45.5 Å². The van der Waals surface area contributed by atoms with Gasteiger partial charge in [0, 0.05) is 66.8 Å². The van der Waals surface area contributed by atoms with E-state index in [1.165, 1.54) is 30.2 Å². The van der Waals surface area contributed by atoms with Crippen LogP contribution in [-0.2, 0) is 35.7 Å². The van der Waals surface area contributed by atoms with Gasteiger partial charge in [-0.25, -0.2) is 5.43 Å². The Morgan fingerprint density at radius 2 is 1.69 bits per heavy atom. The van der Waals surface area contributed by atoms with E-state index in [0.29, 0.717) is 19.3 Å². The molecule has 18 heteroatoms. The molecule has 3 amide bonds. The van der Waals surface area contributed by atoms with E-state index < -0.39 is 88.2 Å². The van der Waals surface area contributed by atoms with Gasteiger partial charge in [0.15, 0.2) is 12.1 Å². The number of fused-ring (bicyclic) bond motifs is 3. The molecule has 4 aliphatic rings. The second-order valence-electron chi connectivity index (χ2n) is 15.9. The minimum atomic E-state index is -2.12. The summed E-state index contributed by atoms with van der Waals surface area (Å²) in [5, 5.41) is 61.7. The molecule has 6 atom stereocenters. The van der Waals surface area contributed by atoms with Crippen LogP contribution >= 0.6 is 12.4 Å². The van der Waals surface area contributed by atoms with Gasteiger partial charge in [-0.2, -0.15) is 5.10 Å². The van der Waals surface area contributed by atoms with Crippen LogP contribution in [-0.4, -0.2) is 122 Å². The number of unbranched alkanes of at least 4 members (excludes halogenated alkanes) is 2. The molecule has 0 bridgehead atoms. The highest BCUT2D eigenvalue weighted by Gasteiger charge is 2.53. The van der Waals surface area contributed by atoms with Crippen molar-refractivity contribution in [2.45, 2.75) is 114 Å². The number of carbonyl (C=O) groups is 5. The molecular formula is C40H51ClN4O13. The molecule has 2 fully saturated rings. The van der Waals surface area contributed by atoms with Crippen LogP contribution in [0.25, 0.3) is 0 Å². The number of aliphatic hydroxyl groups excluding tert-OH is 1. The fourth-order valence-corrected chi connectivity index (χ4v) is 8.47. The Hall–Kier alpha value is -4.49. The molecule has 0 saturated carbocycles. The molecule has 2 heterocycles. The minimum Gasteiger partial charge on any atom is -0.507 e. The monoisotopic (exact) mass is 830 g/mol. The van der Waals surface area contributed by atoms with Crippen molar-refractivity contribution in [3.8, 4) is 17.2 Å². The van der Waals surface area contributed by atoms with Crippen LogP contribution in [0.1, 0.15) is 115 Å². The Bertz CT molecular complexity index is 2010. The van der Waals surface area contributed by atoms with Gasteiger partial charge in [-0.05, 0) is 39.2 Å². The summed E-state index contributed by atoms with van der Waals surface area (Å²) in [6, 6.07) is 3.65. The summed E-state index contributed by atoms with van der Waals surface area (Å²) in [5.74, 6) is -3.70. The van der Waals surface area contributed by atoms with E-state index in [-0.39, 0.29) is 103 Å². The molecule has 2 saturated heterocycles. The first kappa shape index (κ1) is 44.6. The van der Waals surface area contributed by atoms with E-state index in [4.69, 9.17) is 19.9 Å². The number of aromatic hydroxyl groups is 2. The van der Waals surface area contributed by atoms with Crippen molar-refractivity contribution in [1.82, 2.24) is 10.3 Å². The SMILES string of the molecule is COc1cccc2c1C(=O)c1c(O)c3c(c(O)c1C2=O)C[C@@](O)(/C(CO)=N/NC(=O)CCCCCN1C(=O)CCC1=O)C[C@]3(C)COC1C[C@H](N)[C@](C)(O)[C@H](C)O1.Cl. The first-order valence-electron chi connectivity index (χ1n) is 19.0. The lowest BCUT2D eigenvalue weighted by Gasteiger charge is -2.47. The molecule has 17 nitrogen and oxygen atoms in total. The van der Waals surface area contributed by atoms with Gasteiger partial charge in [0.25, 0.3) is 0 Å². The second-order valence-corrected chi connectivity index (χ2v) is 15.9. The Morgan fingerprint density at radius 3 is 2.33 bits per heavy atom. The molecule has 8 N–H and O–H groups in total. The van der Waals surface area contributed by atoms with Crippen molar-refractivity contribution in [1.29, 1.82) is 0 Å². The van der Waals surface area contributed by atoms with Crippen LogP contribution < -0.4 is 15.9 Å². The average Bonchev–Trinajstić information content (AvgIpc) is 3.48. The number of nitrogens with one attached hydrogen (secondary N) is 1. The van der Waals surface area contributed by atoms with E-state index in [1.54, 1.807) is 20.8 Å². The standard InChI is InChI=1S/C40H50N4O13.ClH/c1-20-39(3,53)24(41)15-29(57-20)56-19-38(2)18-40(54,25(17-45)42-43-26(46)11-6-5-7-14-44-27(47)12-13-28(44)48)16-22-33(38)37(52)32-31(35(22)50)34(49)21-9-8-10-23(55-4)30(21)36(32)51;/h8-10,20,24,29,45,50,52-54H,5-7,11-19,41H2,1-4H3,(H,43,46);1H/b42-25+;/t20-,24-,29?,38+,39+,40-;/m0./s1. The number of halogens is 1. The lowest BCUT2D eigenvalue weighted by molar-refractivity contribution is -0.254. The van der Waals surface area contributed by atoms with Crippen molar-refractivity contribution in [3.63, 3.8) is 0 Å². The Balaban J connectivity index is 0.00000641. The van der Waals surface area contributed by atoms with Crippen LogP contribution in [0, 0.1) is 0 Å². The zero-order valence-electron chi connectivity index (χ0n) is 32.8. The molecule has 2 aliphatic carbocycles. The highest BCUT2D eigenvalue weighted by atomic mass is 35.5. The molecule has 0 radical (unpaired) electrons. The third-order valence-electron chi connectivity index (χ3n) is 11.9. The number of phenols is 2. The molecule has 58 heavy (non-hydrogen) atoms. The molecule has 6 rings (SSSR count). The van der Waals surface area contributed by atoms with Crippen molar-refractivity contribution >= 4 is 47.4 Å². The zero-order valence-corrected chi connectivity index (χ0v) is 33.6. The van der Waals surface area contributed by atoms with Gasteiger partial charge in [0.2, 0.25) is 23.5 Å². The Kier molecular flexibility index (Phi) is 13.1. The van der Waals surface area contributed by atoms with Crippen LogP contribution in [0.15, 0.2) is 23.3 Å². The van der Waals surface area contributed by atoms with Gasteiger partial charge in [0.05, 0.1) is 48.8 Å². The number of hydrogen-bond acceptors (Lipinski definition) is 15. The smallest absolute Gasteiger partial charge is 0.240 e. The molecule has 2 aromatic rings. The van der Waals surface area contributed by atoms with Gasteiger partial charge in [0.1, 0.15) is 28.5 Å². The number of nitrogens with zero attached hydrogens (tertiary/aromatic N) is 2. The fourth-order valence-electron chi connectivity index (χ4n) is 8.47. The number of imide groups is 1. The molecule has 0 spiro atoms. The molecule has 1 unspecified atom stereocenters. The van der Waals surface area contributed by atoms with Crippen LogP contribution in [0.4, 0.5) is 0 Å². The molecule has 316 valence electrons. The fraction of sp³-hybridized carbons (Fsp3) is 0.550. The predicted octanol–water partition coefficient (Wildman–Crippen LogP) is 1.64. The first-order valence-corrected chi connectivity index (χ1v) is 19.0. The molecule has 2 aromatic carbocycles. The average molecular weight is 831 g/mol. The molecule has 0 aromatic heterocycles. The number of phenolic OH excluding ortho intramolecular Hbond substituents is 2.